The van der Waals surface area contributed by atoms with Gasteiger partial charge in [-0.15, -0.1) is 0 Å². The zero-order valence-electron chi connectivity index (χ0n) is 11.9. The van der Waals surface area contributed by atoms with E-state index in [2.05, 4.69) is 41.5 Å². The number of anilines is 1. The summed E-state index contributed by atoms with van der Waals surface area (Å²) in [5.41, 5.74) is 2.37. The third-order valence-electron chi connectivity index (χ3n) is 3.69. The fourth-order valence-electron chi connectivity index (χ4n) is 2.61. The first-order valence-corrected chi connectivity index (χ1v) is 6.90. The van der Waals surface area contributed by atoms with Crippen LogP contribution in [0.25, 0.3) is 0 Å². The van der Waals surface area contributed by atoms with Crippen LogP contribution in [0.3, 0.4) is 0 Å². The number of amides is 1. The van der Waals surface area contributed by atoms with Gasteiger partial charge in [0.15, 0.2) is 0 Å². The summed E-state index contributed by atoms with van der Waals surface area (Å²) in [7, 11) is 1.89. The van der Waals surface area contributed by atoms with E-state index in [0.29, 0.717) is 6.54 Å². The predicted octanol–water partition coefficient (Wildman–Crippen LogP) is 1.30. The van der Waals surface area contributed by atoms with Crippen molar-refractivity contribution in [1.82, 2.24) is 10.6 Å². The van der Waals surface area contributed by atoms with E-state index in [1.165, 1.54) is 5.56 Å². The highest BCUT2D eigenvalue weighted by Gasteiger charge is 2.30. The maximum atomic E-state index is 12.3. The van der Waals surface area contributed by atoms with Gasteiger partial charge in [0.1, 0.15) is 6.04 Å². The molecule has 1 aromatic carbocycles. The van der Waals surface area contributed by atoms with Crippen LogP contribution in [-0.4, -0.2) is 38.1 Å². The summed E-state index contributed by atoms with van der Waals surface area (Å²) in [5, 5.41) is 6.20. The summed E-state index contributed by atoms with van der Waals surface area (Å²) in [6, 6.07) is 8.35. The Morgan fingerprint density at radius 2 is 2.16 bits per heavy atom. The Bertz CT molecular complexity index is 447. The van der Waals surface area contributed by atoms with Crippen molar-refractivity contribution in [3.8, 4) is 0 Å². The quantitative estimate of drug-likeness (QED) is 0.862. The highest BCUT2D eigenvalue weighted by Crippen LogP contribution is 2.23. The molecule has 1 amide bonds. The van der Waals surface area contributed by atoms with E-state index in [4.69, 9.17) is 0 Å². The Morgan fingerprint density at radius 3 is 2.84 bits per heavy atom. The molecule has 0 saturated carbocycles. The molecule has 0 radical (unpaired) electrons. The molecule has 1 aliphatic rings. The van der Waals surface area contributed by atoms with Crippen LogP contribution < -0.4 is 15.5 Å². The summed E-state index contributed by atoms with van der Waals surface area (Å²) in [6.45, 7) is 5.72. The van der Waals surface area contributed by atoms with Crippen molar-refractivity contribution in [1.29, 1.82) is 0 Å². The van der Waals surface area contributed by atoms with Crippen LogP contribution in [0.5, 0.6) is 0 Å². The average Bonchev–Trinajstić information content (AvgIpc) is 2.51. The van der Waals surface area contributed by atoms with Gasteiger partial charge >= 0.3 is 0 Å². The van der Waals surface area contributed by atoms with Gasteiger partial charge in [0.2, 0.25) is 5.91 Å². The van der Waals surface area contributed by atoms with Crippen molar-refractivity contribution in [3.63, 3.8) is 0 Å². The molecule has 2 unspecified atom stereocenters. The second kappa shape index (κ2) is 6.06. The molecule has 2 atom stereocenters. The molecule has 2 N–H and O–H groups in total. The molecule has 2 rings (SSSR count). The Hall–Kier alpha value is -1.55. The molecule has 104 valence electrons. The maximum Gasteiger partial charge on any atom is 0.244 e. The first kappa shape index (κ1) is 13.9. The van der Waals surface area contributed by atoms with Crippen LogP contribution in [0.15, 0.2) is 24.3 Å². The topological polar surface area (TPSA) is 44.4 Å². The number of hydrogen-bond acceptors (Lipinski definition) is 3. The Labute approximate surface area is 115 Å². The molecule has 19 heavy (non-hydrogen) atoms. The van der Waals surface area contributed by atoms with Crippen LogP contribution in [0.1, 0.15) is 18.9 Å². The number of hydrogen-bond donors (Lipinski definition) is 2. The van der Waals surface area contributed by atoms with Crippen LogP contribution in [0.4, 0.5) is 5.69 Å². The Kier molecular flexibility index (Phi) is 4.43. The standard InChI is InChI=1S/C15H23N3O/c1-11-6-4-5-7-13(11)18-9-8-12(2)17-15(19)14(18)10-16-3/h4-7,12,14,16H,8-10H2,1-3H3,(H,17,19). The lowest BCUT2D eigenvalue weighted by Crippen LogP contribution is -2.50. The second-order valence-electron chi connectivity index (χ2n) is 5.25. The van der Waals surface area contributed by atoms with Gasteiger partial charge in [-0.25, -0.2) is 0 Å². The lowest BCUT2D eigenvalue weighted by Gasteiger charge is -2.31. The van der Waals surface area contributed by atoms with E-state index in [9.17, 15) is 4.79 Å². The first-order chi connectivity index (χ1) is 9.13. The van der Waals surface area contributed by atoms with E-state index in [0.717, 1.165) is 18.7 Å². The third-order valence-corrected chi connectivity index (χ3v) is 3.69. The van der Waals surface area contributed by atoms with Gasteiger partial charge in [0.05, 0.1) is 0 Å². The van der Waals surface area contributed by atoms with Crippen molar-refractivity contribution >= 4 is 11.6 Å². The molecule has 4 nitrogen and oxygen atoms in total. The normalized spacial score (nSPS) is 23.9. The van der Waals surface area contributed by atoms with Crippen LogP contribution in [0, 0.1) is 6.92 Å². The van der Waals surface area contributed by atoms with Gasteiger partial charge in [-0.2, -0.15) is 0 Å². The zero-order chi connectivity index (χ0) is 13.8. The number of nitrogens with one attached hydrogen (secondary N) is 2. The zero-order valence-corrected chi connectivity index (χ0v) is 11.9. The molecule has 0 aromatic heterocycles. The number of para-hydroxylation sites is 1. The Balaban J connectivity index is 2.33. The average molecular weight is 261 g/mol. The number of benzene rings is 1. The fraction of sp³-hybridized carbons (Fsp3) is 0.533. The van der Waals surface area contributed by atoms with Crippen molar-refractivity contribution < 1.29 is 4.79 Å². The van der Waals surface area contributed by atoms with Crippen molar-refractivity contribution in [2.75, 3.05) is 25.0 Å². The van der Waals surface area contributed by atoms with Crippen molar-refractivity contribution in [2.45, 2.75) is 32.4 Å². The van der Waals surface area contributed by atoms with Gasteiger partial charge in [0.25, 0.3) is 0 Å². The number of aryl methyl sites for hydroxylation is 1. The molecule has 1 aliphatic heterocycles. The van der Waals surface area contributed by atoms with Gasteiger partial charge in [0, 0.05) is 24.8 Å². The highest BCUT2D eigenvalue weighted by atomic mass is 16.2. The van der Waals surface area contributed by atoms with E-state index in [1.54, 1.807) is 0 Å². The van der Waals surface area contributed by atoms with Gasteiger partial charge < -0.3 is 15.5 Å². The first-order valence-electron chi connectivity index (χ1n) is 6.90. The van der Waals surface area contributed by atoms with E-state index in [1.807, 2.05) is 19.2 Å². The molecule has 0 bridgehead atoms. The van der Waals surface area contributed by atoms with Crippen LogP contribution in [0.2, 0.25) is 0 Å². The number of carbonyl (C=O) groups is 1. The molecule has 1 aromatic rings. The minimum atomic E-state index is -0.143. The van der Waals surface area contributed by atoms with Gasteiger partial charge in [-0.1, -0.05) is 18.2 Å². The van der Waals surface area contributed by atoms with Crippen LogP contribution in [-0.2, 0) is 4.79 Å². The summed E-state index contributed by atoms with van der Waals surface area (Å²) in [4.78, 5) is 14.5. The largest absolute Gasteiger partial charge is 0.358 e. The van der Waals surface area contributed by atoms with E-state index < -0.39 is 0 Å². The SMILES string of the molecule is CNCC1C(=O)NC(C)CCN1c1ccccc1C. The van der Waals surface area contributed by atoms with Crippen molar-refractivity contribution in [2.24, 2.45) is 0 Å². The molecule has 1 fully saturated rings. The number of rotatable bonds is 3. The number of nitrogens with zero attached hydrogens (tertiary/aromatic N) is 1. The summed E-state index contributed by atoms with van der Waals surface area (Å²) >= 11 is 0. The number of carbonyl (C=O) groups excluding carboxylic acids is 1. The molecule has 0 spiro atoms. The summed E-state index contributed by atoms with van der Waals surface area (Å²) in [5.74, 6) is 0.114. The molecule has 0 aliphatic carbocycles. The maximum absolute atomic E-state index is 12.3. The lowest BCUT2D eigenvalue weighted by molar-refractivity contribution is -0.122. The molecular formula is C15H23N3O. The van der Waals surface area contributed by atoms with Gasteiger partial charge in [-0.3, -0.25) is 4.79 Å². The lowest BCUT2D eigenvalue weighted by atomic mass is 10.1. The number of likely N-dealkylation sites (N-methyl/N-ethyl adjacent to an activating group) is 1. The predicted molar refractivity (Wildman–Crippen MR) is 78.5 cm³/mol. The monoisotopic (exact) mass is 261 g/mol. The summed E-state index contributed by atoms with van der Waals surface area (Å²) < 4.78 is 0. The van der Waals surface area contributed by atoms with Gasteiger partial charge in [-0.05, 0) is 38.9 Å². The second-order valence-corrected chi connectivity index (χ2v) is 5.25. The van der Waals surface area contributed by atoms with E-state index in [-0.39, 0.29) is 18.0 Å². The molecular weight excluding hydrogens is 238 g/mol. The molecule has 1 saturated heterocycles. The summed E-state index contributed by atoms with van der Waals surface area (Å²) in [6.07, 6.45) is 0.973. The minimum Gasteiger partial charge on any atom is -0.358 e. The Morgan fingerprint density at radius 1 is 1.42 bits per heavy atom. The fourth-order valence-corrected chi connectivity index (χ4v) is 2.61. The van der Waals surface area contributed by atoms with Crippen LogP contribution >= 0.6 is 0 Å². The molecule has 1 heterocycles. The van der Waals surface area contributed by atoms with Crippen molar-refractivity contribution in [3.05, 3.63) is 29.8 Å². The third kappa shape index (κ3) is 3.07. The minimum absolute atomic E-state index is 0.114. The smallest absolute Gasteiger partial charge is 0.244 e. The molecule has 4 heteroatoms. The highest BCUT2D eigenvalue weighted by molar-refractivity contribution is 5.86. The van der Waals surface area contributed by atoms with E-state index >= 15 is 0 Å².